The van der Waals surface area contributed by atoms with Crippen LogP contribution in [0, 0.1) is 4.77 Å². The van der Waals surface area contributed by atoms with Crippen molar-refractivity contribution in [1.29, 1.82) is 0 Å². The van der Waals surface area contributed by atoms with Crippen molar-refractivity contribution in [3.05, 3.63) is 35.1 Å². The summed E-state index contributed by atoms with van der Waals surface area (Å²) in [5, 5.41) is 7.35. The molecule has 0 fully saturated rings. The van der Waals surface area contributed by atoms with Crippen LogP contribution in [0.2, 0.25) is 0 Å². The molecule has 20 heavy (non-hydrogen) atoms. The predicted octanol–water partition coefficient (Wildman–Crippen LogP) is 4.53. The van der Waals surface area contributed by atoms with Crippen LogP contribution in [-0.4, -0.2) is 25.8 Å². The first-order valence-electron chi connectivity index (χ1n) is 6.91. The lowest BCUT2D eigenvalue weighted by Gasteiger charge is -2.30. The summed E-state index contributed by atoms with van der Waals surface area (Å²) < 4.78 is 3.05. The third kappa shape index (κ3) is 2.99. The second-order valence-corrected chi connectivity index (χ2v) is 6.56. The topological polar surface area (TPSA) is 33.6 Å². The van der Waals surface area contributed by atoms with Gasteiger partial charge in [0.2, 0.25) is 0 Å². The zero-order valence-corrected chi connectivity index (χ0v) is 13.9. The first kappa shape index (κ1) is 15.3. The fourth-order valence-electron chi connectivity index (χ4n) is 2.39. The number of aromatic amines is 1. The number of H-pyrrole nitrogens is 1. The lowest BCUT2D eigenvalue weighted by atomic mass is 10.0. The van der Waals surface area contributed by atoms with Crippen LogP contribution in [0.15, 0.2) is 30.3 Å². The van der Waals surface area contributed by atoms with Gasteiger partial charge in [-0.1, -0.05) is 44.2 Å². The fourth-order valence-corrected chi connectivity index (χ4v) is 3.42. The predicted molar refractivity (Wildman–Crippen MR) is 89.7 cm³/mol. The molecule has 3 nitrogen and oxygen atoms in total. The number of benzene rings is 1. The lowest BCUT2D eigenvalue weighted by Crippen LogP contribution is -2.29. The minimum absolute atomic E-state index is 0.214. The Balaban J connectivity index is 2.43. The molecule has 0 unspecified atom stereocenters. The zero-order chi connectivity index (χ0) is 14.6. The Morgan fingerprint density at radius 3 is 2.45 bits per heavy atom. The number of thioether (sulfide) groups is 1. The van der Waals surface area contributed by atoms with Gasteiger partial charge in [-0.25, -0.2) is 0 Å². The molecule has 0 saturated heterocycles. The molecular weight excluding hydrogens is 286 g/mol. The van der Waals surface area contributed by atoms with E-state index in [0.29, 0.717) is 4.77 Å². The van der Waals surface area contributed by atoms with E-state index in [-0.39, 0.29) is 4.75 Å². The van der Waals surface area contributed by atoms with Crippen LogP contribution in [0.4, 0.5) is 0 Å². The molecule has 0 bridgehead atoms. The number of nitrogens with one attached hydrogen (secondary N) is 1. The number of rotatable bonds is 6. The first-order valence-corrected chi connectivity index (χ1v) is 8.55. The van der Waals surface area contributed by atoms with Gasteiger partial charge in [0.25, 0.3) is 0 Å². The van der Waals surface area contributed by atoms with Gasteiger partial charge in [-0.2, -0.15) is 16.9 Å². The molecule has 2 rings (SSSR count). The number of hydrogen-bond acceptors (Lipinski definition) is 3. The molecule has 5 heteroatoms. The summed E-state index contributed by atoms with van der Waals surface area (Å²) >= 11 is 7.34. The summed E-state index contributed by atoms with van der Waals surface area (Å²) in [4.78, 5) is 0. The SMILES string of the molecule is CCC(CC)(Cn1c(-c2ccccc2)n[nH]c1=S)SC. The van der Waals surface area contributed by atoms with Gasteiger partial charge in [0, 0.05) is 16.9 Å². The highest BCUT2D eigenvalue weighted by Gasteiger charge is 2.27. The van der Waals surface area contributed by atoms with Gasteiger partial charge < -0.3 is 0 Å². The molecule has 0 aliphatic carbocycles. The monoisotopic (exact) mass is 307 g/mol. The van der Waals surface area contributed by atoms with Crippen molar-refractivity contribution >= 4 is 24.0 Å². The molecular formula is C15H21N3S2. The van der Waals surface area contributed by atoms with Gasteiger partial charge in [0.05, 0.1) is 0 Å². The lowest BCUT2D eigenvalue weighted by molar-refractivity contribution is 0.465. The van der Waals surface area contributed by atoms with Crippen molar-refractivity contribution in [3.8, 4) is 11.4 Å². The summed E-state index contributed by atoms with van der Waals surface area (Å²) in [7, 11) is 0. The van der Waals surface area contributed by atoms with E-state index in [4.69, 9.17) is 12.2 Å². The smallest absolute Gasteiger partial charge is 0.195 e. The van der Waals surface area contributed by atoms with E-state index in [0.717, 1.165) is 30.8 Å². The standard InChI is InChI=1S/C15H21N3S2/c1-4-15(5-2,20-3)11-18-13(16-17-14(18)19)12-9-7-6-8-10-12/h6-10H,4-5,11H2,1-3H3,(H,17,19). The second-order valence-electron chi connectivity index (χ2n) is 4.90. The van der Waals surface area contributed by atoms with E-state index in [9.17, 15) is 0 Å². The van der Waals surface area contributed by atoms with E-state index in [1.165, 1.54) is 0 Å². The molecule has 108 valence electrons. The van der Waals surface area contributed by atoms with Gasteiger partial charge in [0.15, 0.2) is 10.6 Å². The second kappa shape index (κ2) is 6.59. The molecule has 1 heterocycles. The van der Waals surface area contributed by atoms with Crippen molar-refractivity contribution in [3.63, 3.8) is 0 Å². The fraction of sp³-hybridized carbons (Fsp3) is 0.467. The van der Waals surface area contributed by atoms with Gasteiger partial charge in [-0.05, 0) is 31.3 Å². The quantitative estimate of drug-likeness (QED) is 0.796. The van der Waals surface area contributed by atoms with Crippen LogP contribution in [0.1, 0.15) is 26.7 Å². The average molecular weight is 307 g/mol. The molecule has 0 atom stereocenters. The molecule has 0 saturated carbocycles. The van der Waals surface area contributed by atoms with Crippen LogP contribution in [0.5, 0.6) is 0 Å². The highest BCUT2D eigenvalue weighted by Crippen LogP contribution is 2.33. The number of aromatic nitrogens is 3. The van der Waals surface area contributed by atoms with Gasteiger partial charge >= 0.3 is 0 Å². The van der Waals surface area contributed by atoms with Crippen molar-refractivity contribution in [1.82, 2.24) is 14.8 Å². The Hall–Kier alpha value is -1.07. The van der Waals surface area contributed by atoms with E-state index < -0.39 is 0 Å². The summed E-state index contributed by atoms with van der Waals surface area (Å²) in [6.45, 7) is 5.37. The van der Waals surface area contributed by atoms with Crippen molar-refractivity contribution in [2.45, 2.75) is 38.0 Å². The Kier molecular flexibility index (Phi) is 5.05. The summed E-state index contributed by atoms with van der Waals surface area (Å²) in [6.07, 6.45) is 4.41. The summed E-state index contributed by atoms with van der Waals surface area (Å²) in [5.41, 5.74) is 1.10. The Morgan fingerprint density at radius 2 is 1.90 bits per heavy atom. The molecule has 0 amide bonds. The average Bonchev–Trinajstić information content (AvgIpc) is 2.87. The van der Waals surface area contributed by atoms with Crippen molar-refractivity contribution in [2.24, 2.45) is 0 Å². The van der Waals surface area contributed by atoms with Crippen LogP contribution < -0.4 is 0 Å². The first-order chi connectivity index (χ1) is 9.65. The molecule has 1 aromatic heterocycles. The van der Waals surface area contributed by atoms with Crippen LogP contribution >= 0.6 is 24.0 Å². The normalized spacial score (nSPS) is 11.8. The molecule has 0 aliphatic rings. The molecule has 1 aromatic carbocycles. The minimum atomic E-state index is 0.214. The van der Waals surface area contributed by atoms with E-state index >= 15 is 0 Å². The van der Waals surface area contributed by atoms with Gasteiger partial charge in [-0.3, -0.25) is 9.67 Å². The molecule has 0 radical (unpaired) electrons. The Bertz CT molecular complexity index is 589. The third-order valence-electron chi connectivity index (χ3n) is 3.96. The van der Waals surface area contributed by atoms with E-state index in [1.54, 1.807) is 0 Å². The van der Waals surface area contributed by atoms with Crippen LogP contribution in [-0.2, 0) is 6.54 Å². The molecule has 2 aromatic rings. The zero-order valence-electron chi connectivity index (χ0n) is 12.2. The highest BCUT2D eigenvalue weighted by molar-refractivity contribution is 8.00. The molecule has 0 spiro atoms. The minimum Gasteiger partial charge on any atom is -0.299 e. The van der Waals surface area contributed by atoms with Crippen molar-refractivity contribution in [2.75, 3.05) is 6.26 Å². The maximum Gasteiger partial charge on any atom is 0.195 e. The van der Waals surface area contributed by atoms with E-state index in [2.05, 4.69) is 47.0 Å². The summed E-state index contributed by atoms with van der Waals surface area (Å²) in [5.74, 6) is 0.927. The number of hydrogen-bond donors (Lipinski definition) is 1. The maximum atomic E-state index is 5.42. The molecule has 0 aliphatic heterocycles. The number of nitrogens with zero attached hydrogens (tertiary/aromatic N) is 2. The largest absolute Gasteiger partial charge is 0.299 e. The van der Waals surface area contributed by atoms with Gasteiger partial charge in [0.1, 0.15) is 0 Å². The molecule has 1 N–H and O–H groups in total. The van der Waals surface area contributed by atoms with Gasteiger partial charge in [-0.15, -0.1) is 0 Å². The highest BCUT2D eigenvalue weighted by atomic mass is 32.2. The maximum absolute atomic E-state index is 5.42. The third-order valence-corrected chi connectivity index (χ3v) is 5.84. The Morgan fingerprint density at radius 1 is 1.25 bits per heavy atom. The Labute approximate surface area is 129 Å². The summed E-state index contributed by atoms with van der Waals surface area (Å²) in [6, 6.07) is 10.2. The van der Waals surface area contributed by atoms with Crippen molar-refractivity contribution < 1.29 is 0 Å². The van der Waals surface area contributed by atoms with Crippen LogP contribution in [0.3, 0.4) is 0 Å². The van der Waals surface area contributed by atoms with E-state index in [1.807, 2.05) is 30.0 Å². The van der Waals surface area contributed by atoms with Crippen LogP contribution in [0.25, 0.3) is 11.4 Å².